The van der Waals surface area contributed by atoms with E-state index in [4.69, 9.17) is 4.74 Å². The molecular formula is C19H24N2O3. The molecule has 128 valence electrons. The van der Waals surface area contributed by atoms with Crippen molar-refractivity contribution in [3.05, 3.63) is 29.5 Å². The van der Waals surface area contributed by atoms with Gasteiger partial charge in [0, 0.05) is 23.8 Å². The minimum absolute atomic E-state index is 0.0266. The number of hydrogen-bond acceptors (Lipinski definition) is 5. The van der Waals surface area contributed by atoms with Gasteiger partial charge in [-0.05, 0) is 37.8 Å². The van der Waals surface area contributed by atoms with Gasteiger partial charge in [-0.25, -0.2) is 0 Å². The maximum Gasteiger partial charge on any atom is 0.163 e. The first-order valence-corrected chi connectivity index (χ1v) is 8.17. The number of methoxy groups -OCH3 is 1. The molecule has 2 aliphatic rings. The van der Waals surface area contributed by atoms with E-state index in [1.807, 2.05) is 18.2 Å². The summed E-state index contributed by atoms with van der Waals surface area (Å²) in [7, 11) is 1.60. The van der Waals surface area contributed by atoms with Crippen LogP contribution in [0.2, 0.25) is 0 Å². The van der Waals surface area contributed by atoms with Gasteiger partial charge in [-0.15, -0.1) is 0 Å². The summed E-state index contributed by atoms with van der Waals surface area (Å²) in [4.78, 5) is 25.4. The molecule has 1 atom stereocenters. The number of Topliss-reactive ketones (excluding diaryl/α,β-unsaturated/α-hetero) is 2. The SMILES string of the molecule is COc1ccc2c(c1)NC(C)(C(C)=O)C1=C(CC(C)(C)CC1=O)N2. The number of benzene rings is 1. The molecule has 1 aromatic carbocycles. The van der Waals surface area contributed by atoms with Gasteiger partial charge in [-0.2, -0.15) is 0 Å². The van der Waals surface area contributed by atoms with E-state index in [0.717, 1.165) is 23.5 Å². The Morgan fingerprint density at radius 3 is 2.50 bits per heavy atom. The Hall–Kier alpha value is -2.30. The zero-order valence-corrected chi connectivity index (χ0v) is 14.9. The minimum atomic E-state index is -1.05. The van der Waals surface area contributed by atoms with Crippen molar-refractivity contribution in [1.82, 2.24) is 0 Å². The number of rotatable bonds is 2. The van der Waals surface area contributed by atoms with E-state index in [1.54, 1.807) is 14.0 Å². The van der Waals surface area contributed by atoms with E-state index in [1.165, 1.54) is 6.92 Å². The Labute approximate surface area is 142 Å². The van der Waals surface area contributed by atoms with Crippen LogP contribution in [-0.2, 0) is 9.59 Å². The van der Waals surface area contributed by atoms with E-state index in [9.17, 15) is 9.59 Å². The number of ether oxygens (including phenoxy) is 1. The highest BCUT2D eigenvalue weighted by Crippen LogP contribution is 2.45. The molecule has 0 aromatic heterocycles. The van der Waals surface area contributed by atoms with E-state index in [-0.39, 0.29) is 17.0 Å². The predicted molar refractivity (Wildman–Crippen MR) is 94.4 cm³/mol. The van der Waals surface area contributed by atoms with Crippen LogP contribution in [0.5, 0.6) is 5.75 Å². The molecule has 0 saturated heterocycles. The maximum atomic E-state index is 12.9. The Morgan fingerprint density at radius 2 is 1.88 bits per heavy atom. The quantitative estimate of drug-likeness (QED) is 0.869. The Bertz CT molecular complexity index is 764. The highest BCUT2D eigenvalue weighted by Gasteiger charge is 2.46. The third-order valence-corrected chi connectivity index (χ3v) is 4.98. The first kappa shape index (κ1) is 16.6. The molecule has 1 aliphatic carbocycles. The molecule has 0 amide bonds. The van der Waals surface area contributed by atoms with E-state index >= 15 is 0 Å². The number of fused-ring (bicyclic) bond motifs is 1. The van der Waals surface area contributed by atoms with Crippen LogP contribution >= 0.6 is 0 Å². The summed E-state index contributed by atoms with van der Waals surface area (Å²) in [5, 5.41) is 6.69. The number of ketones is 2. The third kappa shape index (κ3) is 2.58. The van der Waals surface area contributed by atoms with Crippen molar-refractivity contribution in [3.8, 4) is 5.75 Å². The van der Waals surface area contributed by atoms with Gasteiger partial charge >= 0.3 is 0 Å². The summed E-state index contributed by atoms with van der Waals surface area (Å²) in [6.07, 6.45) is 1.17. The fraction of sp³-hybridized carbons (Fsp3) is 0.474. The molecule has 2 N–H and O–H groups in total. The molecular weight excluding hydrogens is 304 g/mol. The predicted octanol–water partition coefficient (Wildman–Crippen LogP) is 3.52. The summed E-state index contributed by atoms with van der Waals surface area (Å²) in [6, 6.07) is 5.61. The molecule has 0 saturated carbocycles. The van der Waals surface area contributed by atoms with Gasteiger partial charge in [-0.1, -0.05) is 13.8 Å². The van der Waals surface area contributed by atoms with Gasteiger partial charge in [-0.3, -0.25) is 9.59 Å². The smallest absolute Gasteiger partial charge is 0.163 e. The lowest BCUT2D eigenvalue weighted by atomic mass is 9.70. The largest absolute Gasteiger partial charge is 0.497 e. The Kier molecular flexibility index (Phi) is 3.70. The molecule has 5 nitrogen and oxygen atoms in total. The fourth-order valence-electron chi connectivity index (χ4n) is 3.63. The first-order valence-electron chi connectivity index (χ1n) is 8.17. The van der Waals surface area contributed by atoms with Crippen molar-refractivity contribution in [2.24, 2.45) is 5.41 Å². The van der Waals surface area contributed by atoms with E-state index in [0.29, 0.717) is 17.7 Å². The lowest BCUT2D eigenvalue weighted by Gasteiger charge is -2.37. The summed E-state index contributed by atoms with van der Waals surface area (Å²) in [6.45, 7) is 7.47. The number of carbonyl (C=O) groups excluding carboxylic acids is 2. The second-order valence-electron chi connectivity index (χ2n) is 7.64. The topological polar surface area (TPSA) is 67.4 Å². The Balaban J connectivity index is 2.20. The minimum Gasteiger partial charge on any atom is -0.497 e. The normalized spacial score (nSPS) is 25.0. The van der Waals surface area contributed by atoms with Crippen molar-refractivity contribution >= 4 is 22.9 Å². The van der Waals surface area contributed by atoms with Crippen molar-refractivity contribution in [3.63, 3.8) is 0 Å². The van der Waals surface area contributed by atoms with Crippen molar-refractivity contribution in [1.29, 1.82) is 0 Å². The average molecular weight is 328 g/mol. The first-order chi connectivity index (χ1) is 11.2. The monoisotopic (exact) mass is 328 g/mol. The van der Waals surface area contributed by atoms with Crippen LogP contribution in [0.4, 0.5) is 11.4 Å². The standard InChI is InChI=1S/C19H24N2O3/c1-11(22)19(4)17-15(9-18(2,3)10-16(17)23)20-13-7-6-12(24-5)8-14(13)21-19/h6-8,20-21H,9-10H2,1-5H3. The van der Waals surface area contributed by atoms with Gasteiger partial charge in [0.15, 0.2) is 11.6 Å². The summed E-state index contributed by atoms with van der Waals surface area (Å²) in [5.41, 5.74) is 1.83. The van der Waals surface area contributed by atoms with Gasteiger partial charge in [0.1, 0.15) is 11.3 Å². The van der Waals surface area contributed by atoms with E-state index < -0.39 is 5.54 Å². The number of anilines is 2. The zero-order valence-electron chi connectivity index (χ0n) is 14.9. The lowest BCUT2D eigenvalue weighted by Crippen LogP contribution is -2.48. The van der Waals surface area contributed by atoms with Crippen molar-refractivity contribution in [2.75, 3.05) is 17.7 Å². The average Bonchev–Trinajstić information content (AvgIpc) is 2.59. The second kappa shape index (κ2) is 5.36. The number of carbonyl (C=O) groups is 2. The Morgan fingerprint density at radius 1 is 1.17 bits per heavy atom. The highest BCUT2D eigenvalue weighted by atomic mass is 16.5. The van der Waals surface area contributed by atoms with Gasteiger partial charge in [0.05, 0.1) is 18.5 Å². The molecule has 0 radical (unpaired) electrons. The molecule has 0 spiro atoms. The summed E-state index contributed by atoms with van der Waals surface area (Å²) in [5.74, 6) is 0.639. The number of hydrogen-bond donors (Lipinski definition) is 2. The molecule has 1 aliphatic heterocycles. The van der Waals surface area contributed by atoms with Crippen LogP contribution in [0.25, 0.3) is 0 Å². The maximum absolute atomic E-state index is 12.9. The molecule has 1 aromatic rings. The van der Waals surface area contributed by atoms with Gasteiger partial charge in [0.2, 0.25) is 0 Å². The molecule has 1 unspecified atom stereocenters. The van der Waals surface area contributed by atoms with Crippen LogP contribution in [-0.4, -0.2) is 24.2 Å². The molecule has 3 rings (SSSR count). The zero-order chi connectivity index (χ0) is 17.7. The van der Waals surface area contributed by atoms with Gasteiger partial charge in [0.25, 0.3) is 0 Å². The molecule has 1 heterocycles. The lowest BCUT2D eigenvalue weighted by molar-refractivity contribution is -0.124. The molecule has 0 fully saturated rings. The summed E-state index contributed by atoms with van der Waals surface area (Å²) >= 11 is 0. The highest BCUT2D eigenvalue weighted by molar-refractivity contribution is 6.10. The summed E-state index contributed by atoms with van der Waals surface area (Å²) < 4.78 is 5.29. The van der Waals surface area contributed by atoms with Crippen molar-refractivity contribution < 1.29 is 14.3 Å². The molecule has 5 heteroatoms. The van der Waals surface area contributed by atoms with Crippen LogP contribution in [0, 0.1) is 5.41 Å². The van der Waals surface area contributed by atoms with E-state index in [2.05, 4.69) is 24.5 Å². The van der Waals surface area contributed by atoms with Crippen molar-refractivity contribution in [2.45, 2.75) is 46.1 Å². The van der Waals surface area contributed by atoms with Crippen LogP contribution in [0.15, 0.2) is 29.5 Å². The molecule has 24 heavy (non-hydrogen) atoms. The fourth-order valence-corrected chi connectivity index (χ4v) is 3.63. The number of nitrogens with one attached hydrogen (secondary N) is 2. The van der Waals surface area contributed by atoms with Crippen LogP contribution < -0.4 is 15.4 Å². The third-order valence-electron chi connectivity index (χ3n) is 4.98. The number of allylic oxidation sites excluding steroid dienone is 1. The second-order valence-corrected chi connectivity index (χ2v) is 7.64. The molecule has 0 bridgehead atoms. The van der Waals surface area contributed by atoms with Crippen LogP contribution in [0.3, 0.4) is 0 Å². The van der Waals surface area contributed by atoms with Crippen LogP contribution in [0.1, 0.15) is 40.5 Å². The van der Waals surface area contributed by atoms with Gasteiger partial charge < -0.3 is 15.4 Å².